The Bertz CT molecular complexity index is 1240. The highest BCUT2D eigenvalue weighted by atomic mass is 16.3. The van der Waals surface area contributed by atoms with E-state index < -0.39 is 0 Å². The van der Waals surface area contributed by atoms with Gasteiger partial charge in [0.05, 0.1) is 24.0 Å². The van der Waals surface area contributed by atoms with E-state index in [1.165, 1.54) is 0 Å². The summed E-state index contributed by atoms with van der Waals surface area (Å²) in [6, 6.07) is 19.5. The van der Waals surface area contributed by atoms with E-state index in [1.807, 2.05) is 60.7 Å². The minimum atomic E-state index is 0.560. The maximum absolute atomic E-state index is 5.55. The summed E-state index contributed by atoms with van der Waals surface area (Å²) in [5.41, 5.74) is 3.62. The average Bonchev–Trinajstić information content (AvgIpc) is 3.33. The van der Waals surface area contributed by atoms with Crippen molar-refractivity contribution in [2.45, 2.75) is 6.54 Å². The first-order chi connectivity index (χ1) is 14.4. The second kappa shape index (κ2) is 7.52. The second-order valence-corrected chi connectivity index (χ2v) is 6.52. The molecule has 0 aliphatic rings. The third-order valence-electron chi connectivity index (χ3n) is 4.58. The third kappa shape index (κ3) is 3.55. The number of hydrogen-bond acceptors (Lipinski definition) is 6. The average molecular weight is 379 g/mol. The fourth-order valence-corrected chi connectivity index (χ4v) is 3.16. The van der Waals surface area contributed by atoms with E-state index in [0.29, 0.717) is 12.4 Å². The highest BCUT2D eigenvalue weighted by Gasteiger charge is 2.12. The maximum atomic E-state index is 5.55. The van der Waals surface area contributed by atoms with E-state index >= 15 is 0 Å². The zero-order valence-corrected chi connectivity index (χ0v) is 15.5. The lowest BCUT2D eigenvalue weighted by Crippen LogP contribution is -2.05. The standard InChI is InChI=1S/C23H17N5O/c1-2-11-25-18(6-1)15-26-23-19-13-16(21-7-4-12-29-21)8-9-20(19)27-22(28-23)17-5-3-10-24-14-17/h1-14H,15H2,(H,26,27,28). The van der Waals surface area contributed by atoms with Gasteiger partial charge in [0.15, 0.2) is 5.82 Å². The van der Waals surface area contributed by atoms with Gasteiger partial charge in [0.1, 0.15) is 11.6 Å². The van der Waals surface area contributed by atoms with Crippen molar-refractivity contribution < 1.29 is 4.42 Å². The summed E-state index contributed by atoms with van der Waals surface area (Å²) in [6.07, 6.45) is 6.95. The Morgan fingerprint density at radius 2 is 1.86 bits per heavy atom. The Kier molecular flexibility index (Phi) is 4.42. The summed E-state index contributed by atoms with van der Waals surface area (Å²) in [5, 5.41) is 4.34. The highest BCUT2D eigenvalue weighted by molar-refractivity contribution is 5.93. The van der Waals surface area contributed by atoms with Crippen molar-refractivity contribution in [1.29, 1.82) is 0 Å². The fourth-order valence-electron chi connectivity index (χ4n) is 3.16. The lowest BCUT2D eigenvalue weighted by Gasteiger charge is -2.12. The van der Waals surface area contributed by atoms with Crippen molar-refractivity contribution in [2.75, 3.05) is 5.32 Å². The van der Waals surface area contributed by atoms with Crippen molar-refractivity contribution in [2.24, 2.45) is 0 Å². The largest absolute Gasteiger partial charge is 0.464 e. The summed E-state index contributed by atoms with van der Waals surface area (Å²) < 4.78 is 5.55. The zero-order valence-electron chi connectivity index (χ0n) is 15.5. The summed E-state index contributed by atoms with van der Waals surface area (Å²) >= 11 is 0. The monoisotopic (exact) mass is 379 g/mol. The Hall–Kier alpha value is -4.06. The van der Waals surface area contributed by atoms with Gasteiger partial charge in [-0.05, 0) is 54.6 Å². The van der Waals surface area contributed by atoms with Gasteiger partial charge >= 0.3 is 0 Å². The molecular weight excluding hydrogens is 362 g/mol. The van der Waals surface area contributed by atoms with E-state index in [1.54, 1.807) is 24.9 Å². The Morgan fingerprint density at radius 1 is 0.862 bits per heavy atom. The normalized spacial score (nSPS) is 10.9. The van der Waals surface area contributed by atoms with E-state index in [2.05, 4.69) is 15.3 Å². The van der Waals surface area contributed by atoms with Crippen LogP contribution in [0.1, 0.15) is 5.69 Å². The predicted octanol–water partition coefficient (Wildman–Crippen LogP) is 4.96. The number of fused-ring (bicyclic) bond motifs is 1. The Morgan fingerprint density at radius 3 is 2.66 bits per heavy atom. The first kappa shape index (κ1) is 17.1. The summed E-state index contributed by atoms with van der Waals surface area (Å²) in [5.74, 6) is 2.17. The molecule has 0 saturated carbocycles. The van der Waals surface area contributed by atoms with Crippen LogP contribution in [0, 0.1) is 0 Å². The van der Waals surface area contributed by atoms with Crippen molar-refractivity contribution in [3.8, 4) is 22.7 Å². The molecule has 6 nitrogen and oxygen atoms in total. The quantitative estimate of drug-likeness (QED) is 0.465. The molecule has 0 fully saturated rings. The van der Waals surface area contributed by atoms with Gasteiger partial charge in [-0.2, -0.15) is 0 Å². The molecule has 5 aromatic rings. The van der Waals surface area contributed by atoms with Crippen molar-refractivity contribution in [1.82, 2.24) is 19.9 Å². The van der Waals surface area contributed by atoms with E-state index in [0.717, 1.165) is 39.3 Å². The minimum Gasteiger partial charge on any atom is -0.464 e. The van der Waals surface area contributed by atoms with Crippen molar-refractivity contribution in [3.63, 3.8) is 0 Å². The van der Waals surface area contributed by atoms with Crippen LogP contribution in [0.2, 0.25) is 0 Å². The van der Waals surface area contributed by atoms with E-state index in [4.69, 9.17) is 14.4 Å². The summed E-state index contributed by atoms with van der Waals surface area (Å²) in [7, 11) is 0. The predicted molar refractivity (Wildman–Crippen MR) is 112 cm³/mol. The van der Waals surface area contributed by atoms with Crippen LogP contribution in [0.3, 0.4) is 0 Å². The molecule has 140 valence electrons. The number of furan rings is 1. The van der Waals surface area contributed by atoms with Gasteiger partial charge in [0.25, 0.3) is 0 Å². The smallest absolute Gasteiger partial charge is 0.163 e. The van der Waals surface area contributed by atoms with Gasteiger partial charge in [-0.15, -0.1) is 0 Å². The van der Waals surface area contributed by atoms with Crippen LogP contribution in [0.5, 0.6) is 0 Å². The molecule has 0 aliphatic heterocycles. The molecule has 0 radical (unpaired) electrons. The fraction of sp³-hybridized carbons (Fsp3) is 0.0435. The van der Waals surface area contributed by atoms with Crippen molar-refractivity contribution in [3.05, 3.63) is 91.2 Å². The van der Waals surface area contributed by atoms with Gasteiger partial charge in [-0.1, -0.05) is 6.07 Å². The Balaban J connectivity index is 1.61. The number of aromatic nitrogens is 4. The number of benzene rings is 1. The molecule has 4 heterocycles. The van der Waals surface area contributed by atoms with Gasteiger partial charge in [0.2, 0.25) is 0 Å². The molecule has 0 aliphatic carbocycles. The second-order valence-electron chi connectivity index (χ2n) is 6.52. The van der Waals surface area contributed by atoms with Crippen LogP contribution >= 0.6 is 0 Å². The highest BCUT2D eigenvalue weighted by Crippen LogP contribution is 2.30. The first-order valence-corrected chi connectivity index (χ1v) is 9.27. The van der Waals surface area contributed by atoms with Crippen LogP contribution < -0.4 is 5.32 Å². The molecule has 5 rings (SSSR count). The summed E-state index contributed by atoms with van der Waals surface area (Å²) in [4.78, 5) is 18.1. The molecule has 0 spiro atoms. The molecule has 29 heavy (non-hydrogen) atoms. The molecule has 1 aromatic carbocycles. The lowest BCUT2D eigenvalue weighted by atomic mass is 10.1. The topological polar surface area (TPSA) is 76.7 Å². The Labute approximate surface area is 167 Å². The molecule has 0 unspecified atom stereocenters. The molecule has 6 heteroatoms. The number of pyridine rings is 2. The van der Waals surface area contributed by atoms with Crippen LogP contribution in [-0.4, -0.2) is 19.9 Å². The van der Waals surface area contributed by atoms with Gasteiger partial charge in [-0.3, -0.25) is 9.97 Å². The minimum absolute atomic E-state index is 0.560. The van der Waals surface area contributed by atoms with Gasteiger partial charge in [0, 0.05) is 35.1 Å². The molecule has 1 N–H and O–H groups in total. The molecule has 0 bridgehead atoms. The number of rotatable bonds is 5. The number of nitrogens with zero attached hydrogens (tertiary/aromatic N) is 4. The SMILES string of the molecule is c1ccc(CNc2nc(-c3cccnc3)nc3ccc(-c4ccco4)cc23)nc1. The van der Waals surface area contributed by atoms with Crippen molar-refractivity contribution >= 4 is 16.7 Å². The molecule has 4 aromatic heterocycles. The van der Waals surface area contributed by atoms with Gasteiger partial charge in [-0.25, -0.2) is 9.97 Å². The lowest BCUT2D eigenvalue weighted by molar-refractivity contribution is 0.582. The molecule has 0 atom stereocenters. The number of hydrogen-bond donors (Lipinski definition) is 1. The van der Waals surface area contributed by atoms with Crippen LogP contribution in [-0.2, 0) is 6.54 Å². The first-order valence-electron chi connectivity index (χ1n) is 9.27. The maximum Gasteiger partial charge on any atom is 0.163 e. The van der Waals surface area contributed by atoms with Crippen LogP contribution in [0.15, 0.2) is 89.9 Å². The van der Waals surface area contributed by atoms with Gasteiger partial charge < -0.3 is 9.73 Å². The summed E-state index contributed by atoms with van der Waals surface area (Å²) in [6.45, 7) is 0.560. The number of anilines is 1. The van der Waals surface area contributed by atoms with Crippen LogP contribution in [0.25, 0.3) is 33.6 Å². The van der Waals surface area contributed by atoms with E-state index in [-0.39, 0.29) is 0 Å². The molecule has 0 amide bonds. The molecular formula is C23H17N5O. The number of nitrogens with one attached hydrogen (secondary N) is 1. The molecule has 0 saturated heterocycles. The third-order valence-corrected chi connectivity index (χ3v) is 4.58. The zero-order chi connectivity index (χ0) is 19.5. The van der Waals surface area contributed by atoms with Crippen LogP contribution in [0.4, 0.5) is 5.82 Å². The van der Waals surface area contributed by atoms with E-state index in [9.17, 15) is 0 Å².